The Hall–Kier alpha value is -1.91. The van der Waals surface area contributed by atoms with E-state index in [1.54, 1.807) is 0 Å². The van der Waals surface area contributed by atoms with Crippen LogP contribution in [0.1, 0.15) is 56.9 Å². The van der Waals surface area contributed by atoms with Gasteiger partial charge in [-0.05, 0) is 50.5 Å². The largest absolute Gasteiger partial charge is 0.460 e. The molecular formula is C23H32O4. The number of carbonyl (C=O) groups is 1. The van der Waals surface area contributed by atoms with E-state index in [-0.39, 0.29) is 12.1 Å². The maximum atomic E-state index is 11.0. The van der Waals surface area contributed by atoms with Crippen LogP contribution in [-0.4, -0.2) is 29.9 Å². The van der Waals surface area contributed by atoms with Gasteiger partial charge in [0.05, 0.1) is 12.7 Å². The molecule has 1 aliphatic rings. The van der Waals surface area contributed by atoms with Crippen molar-refractivity contribution >= 4 is 5.97 Å². The summed E-state index contributed by atoms with van der Waals surface area (Å²) in [4.78, 5) is 11.0. The first kappa shape index (κ1) is 21.4. The molecule has 2 rings (SSSR count). The Morgan fingerprint density at radius 1 is 1.07 bits per heavy atom. The number of aliphatic hydroxyl groups excluding tert-OH is 1. The maximum Gasteiger partial charge on any atom is 0.306 e. The normalized spacial score (nSPS) is 18.4. The van der Waals surface area contributed by atoms with E-state index >= 15 is 0 Å². The minimum Gasteiger partial charge on any atom is -0.460 e. The summed E-state index contributed by atoms with van der Waals surface area (Å²) in [5.74, 6) is -0.191. The lowest BCUT2D eigenvalue weighted by Gasteiger charge is -2.15. The van der Waals surface area contributed by atoms with Gasteiger partial charge in [-0.3, -0.25) is 4.79 Å². The van der Waals surface area contributed by atoms with Gasteiger partial charge in [0.25, 0.3) is 0 Å². The summed E-state index contributed by atoms with van der Waals surface area (Å²) in [5.41, 5.74) is 1.22. The summed E-state index contributed by atoms with van der Waals surface area (Å²) in [6, 6.07) is 10.2. The number of cyclic esters (lactones) is 1. The second kappa shape index (κ2) is 13.3. The Morgan fingerprint density at radius 3 is 2.48 bits per heavy atom. The molecule has 2 atom stereocenters. The average molecular weight is 373 g/mol. The van der Waals surface area contributed by atoms with Gasteiger partial charge in [0.1, 0.15) is 6.10 Å². The molecule has 4 heteroatoms. The fourth-order valence-corrected chi connectivity index (χ4v) is 3.00. The zero-order valence-corrected chi connectivity index (χ0v) is 16.1. The monoisotopic (exact) mass is 372 g/mol. The third kappa shape index (κ3) is 9.55. The highest BCUT2D eigenvalue weighted by Gasteiger charge is 2.29. The molecule has 0 bridgehead atoms. The summed E-state index contributed by atoms with van der Waals surface area (Å²) in [6.07, 6.45) is 14.5. The van der Waals surface area contributed by atoms with E-state index in [9.17, 15) is 9.90 Å². The Bertz CT molecular complexity index is 579. The Kier molecular flexibility index (Phi) is 10.5. The predicted octanol–water partition coefficient (Wildman–Crippen LogP) is 4.72. The fourth-order valence-electron chi connectivity index (χ4n) is 3.00. The minimum atomic E-state index is -0.537. The average Bonchev–Trinajstić information content (AvgIpc) is 3.12. The summed E-state index contributed by atoms with van der Waals surface area (Å²) in [7, 11) is 0. The number of allylic oxidation sites excluding steroid dienone is 4. The molecule has 1 fully saturated rings. The van der Waals surface area contributed by atoms with Gasteiger partial charge >= 0.3 is 5.97 Å². The molecule has 1 saturated heterocycles. The van der Waals surface area contributed by atoms with Crippen LogP contribution in [0.15, 0.2) is 54.6 Å². The quantitative estimate of drug-likeness (QED) is 0.309. The van der Waals surface area contributed by atoms with Gasteiger partial charge in [-0.1, -0.05) is 54.6 Å². The van der Waals surface area contributed by atoms with Crippen LogP contribution in [-0.2, 0) is 20.9 Å². The van der Waals surface area contributed by atoms with Gasteiger partial charge in [0.15, 0.2) is 0 Å². The van der Waals surface area contributed by atoms with Crippen molar-refractivity contribution < 1.29 is 19.4 Å². The van der Waals surface area contributed by atoms with Gasteiger partial charge in [-0.25, -0.2) is 0 Å². The lowest BCUT2D eigenvalue weighted by atomic mass is 10.1. The molecule has 1 N–H and O–H groups in total. The highest BCUT2D eigenvalue weighted by Crippen LogP contribution is 2.19. The lowest BCUT2D eigenvalue weighted by molar-refractivity contribution is -0.145. The molecule has 4 nitrogen and oxygen atoms in total. The van der Waals surface area contributed by atoms with Gasteiger partial charge < -0.3 is 14.6 Å². The van der Waals surface area contributed by atoms with E-state index in [4.69, 9.17) is 9.47 Å². The minimum absolute atomic E-state index is 0.191. The van der Waals surface area contributed by atoms with Gasteiger partial charge in [-0.15, -0.1) is 0 Å². The smallest absolute Gasteiger partial charge is 0.306 e. The first-order valence-corrected chi connectivity index (χ1v) is 10.0. The van der Waals surface area contributed by atoms with Crippen LogP contribution < -0.4 is 0 Å². The van der Waals surface area contributed by atoms with E-state index in [1.807, 2.05) is 18.2 Å². The molecule has 0 aliphatic carbocycles. The molecule has 0 amide bonds. The number of hydrogen-bond acceptors (Lipinski definition) is 4. The molecule has 0 saturated carbocycles. The summed E-state index contributed by atoms with van der Waals surface area (Å²) in [6.45, 7) is 1.48. The highest BCUT2D eigenvalue weighted by atomic mass is 16.6. The van der Waals surface area contributed by atoms with Crippen molar-refractivity contribution in [3.8, 4) is 0 Å². The molecule has 1 aromatic carbocycles. The zero-order chi connectivity index (χ0) is 19.2. The van der Waals surface area contributed by atoms with Crippen LogP contribution in [0.2, 0.25) is 0 Å². The molecule has 1 aromatic rings. The zero-order valence-electron chi connectivity index (χ0n) is 16.1. The maximum absolute atomic E-state index is 11.0. The topological polar surface area (TPSA) is 55.8 Å². The summed E-state index contributed by atoms with van der Waals surface area (Å²) in [5, 5.41) is 9.96. The van der Waals surface area contributed by atoms with E-state index in [1.165, 1.54) is 5.56 Å². The molecule has 0 aromatic heterocycles. The molecule has 0 spiro atoms. The van der Waals surface area contributed by atoms with E-state index in [0.717, 1.165) is 38.7 Å². The Labute approximate surface area is 162 Å². The third-order valence-electron chi connectivity index (χ3n) is 4.58. The summed E-state index contributed by atoms with van der Waals surface area (Å²) >= 11 is 0. The Morgan fingerprint density at radius 2 is 1.78 bits per heavy atom. The van der Waals surface area contributed by atoms with Crippen molar-refractivity contribution in [1.82, 2.24) is 0 Å². The van der Waals surface area contributed by atoms with Crippen LogP contribution in [0.25, 0.3) is 0 Å². The number of hydrogen-bond donors (Lipinski definition) is 1. The van der Waals surface area contributed by atoms with Crippen molar-refractivity contribution in [2.75, 3.05) is 6.61 Å². The van der Waals surface area contributed by atoms with Crippen molar-refractivity contribution in [3.63, 3.8) is 0 Å². The number of ether oxygens (including phenoxy) is 2. The predicted molar refractivity (Wildman–Crippen MR) is 107 cm³/mol. The molecule has 148 valence electrons. The van der Waals surface area contributed by atoms with Crippen LogP contribution in [0.3, 0.4) is 0 Å². The van der Waals surface area contributed by atoms with Crippen molar-refractivity contribution in [2.24, 2.45) is 0 Å². The third-order valence-corrected chi connectivity index (χ3v) is 4.58. The molecule has 27 heavy (non-hydrogen) atoms. The molecular weight excluding hydrogens is 340 g/mol. The standard InChI is InChI=1S/C23H32O4/c24-21(22-16-17-23(25)27-22)15-11-6-4-2-1-3-5-7-12-18-26-19-20-13-9-8-10-14-20/h3-6,8-10,13-14,21-22,24H,1-2,7,11-12,15-19H2/b5-3+,6-4+/t21-,22+/m1/s1. The lowest BCUT2D eigenvalue weighted by Crippen LogP contribution is -2.25. The van der Waals surface area contributed by atoms with Crippen molar-refractivity contribution in [1.29, 1.82) is 0 Å². The second-order valence-corrected chi connectivity index (χ2v) is 6.91. The molecule has 1 aliphatic heterocycles. The summed E-state index contributed by atoms with van der Waals surface area (Å²) < 4.78 is 10.7. The van der Waals surface area contributed by atoms with E-state index in [2.05, 4.69) is 36.4 Å². The second-order valence-electron chi connectivity index (χ2n) is 6.91. The fraction of sp³-hybridized carbons (Fsp3) is 0.522. The Balaban J connectivity index is 1.39. The molecule has 0 unspecified atom stereocenters. The number of rotatable bonds is 13. The van der Waals surface area contributed by atoms with Crippen LogP contribution in [0.5, 0.6) is 0 Å². The van der Waals surface area contributed by atoms with Crippen molar-refractivity contribution in [2.45, 2.75) is 70.2 Å². The molecule has 0 radical (unpaired) electrons. The van der Waals surface area contributed by atoms with E-state index < -0.39 is 6.10 Å². The van der Waals surface area contributed by atoms with Crippen LogP contribution in [0, 0.1) is 0 Å². The first-order valence-electron chi connectivity index (χ1n) is 10.0. The van der Waals surface area contributed by atoms with E-state index in [0.29, 0.717) is 25.9 Å². The van der Waals surface area contributed by atoms with Gasteiger partial charge in [-0.2, -0.15) is 0 Å². The van der Waals surface area contributed by atoms with Gasteiger partial charge in [0, 0.05) is 13.0 Å². The number of benzene rings is 1. The number of aliphatic hydroxyl groups is 1. The highest BCUT2D eigenvalue weighted by molar-refractivity contribution is 5.71. The SMILES string of the molecule is O=C1CC[C@@H]([C@H](O)CC/C=C/CC/C=C/CCCOCc2ccccc2)O1. The van der Waals surface area contributed by atoms with Crippen molar-refractivity contribution in [3.05, 3.63) is 60.2 Å². The molecule has 1 heterocycles. The number of esters is 1. The van der Waals surface area contributed by atoms with Crippen LogP contribution in [0.4, 0.5) is 0 Å². The number of carbonyl (C=O) groups excluding carboxylic acids is 1. The number of unbranched alkanes of at least 4 members (excludes halogenated alkanes) is 2. The van der Waals surface area contributed by atoms with Crippen LogP contribution >= 0.6 is 0 Å². The van der Waals surface area contributed by atoms with Gasteiger partial charge in [0.2, 0.25) is 0 Å². The first-order chi connectivity index (χ1) is 13.3.